The van der Waals surface area contributed by atoms with E-state index >= 15 is 0 Å². The fourth-order valence-electron chi connectivity index (χ4n) is 1.60. The molecule has 1 aromatic heterocycles. The van der Waals surface area contributed by atoms with Crippen molar-refractivity contribution < 1.29 is 4.74 Å². The molecule has 0 amide bonds. The molecule has 0 aliphatic heterocycles. The van der Waals surface area contributed by atoms with Gasteiger partial charge < -0.3 is 15.0 Å². The highest BCUT2D eigenvalue weighted by Crippen LogP contribution is 2.13. The SMILES string of the molecule is N#CCOc1cccc(CNCc2csc(=O)[nH]2)c1. The van der Waals surface area contributed by atoms with Gasteiger partial charge in [0.05, 0.1) is 0 Å². The number of aromatic nitrogens is 1. The van der Waals surface area contributed by atoms with Gasteiger partial charge in [-0.15, -0.1) is 0 Å². The van der Waals surface area contributed by atoms with Gasteiger partial charge in [0, 0.05) is 24.2 Å². The molecule has 2 aromatic rings. The first-order valence-electron chi connectivity index (χ1n) is 5.74. The Morgan fingerprint density at radius 3 is 3.05 bits per heavy atom. The van der Waals surface area contributed by atoms with Crippen molar-refractivity contribution in [3.05, 3.63) is 50.6 Å². The first-order chi connectivity index (χ1) is 9.28. The Bertz CT molecular complexity index is 627. The third-order valence-corrected chi connectivity index (χ3v) is 3.14. The van der Waals surface area contributed by atoms with Crippen molar-refractivity contribution in [3.63, 3.8) is 0 Å². The zero-order valence-corrected chi connectivity index (χ0v) is 11.0. The molecule has 0 fully saturated rings. The Hall–Kier alpha value is -2.10. The van der Waals surface area contributed by atoms with E-state index in [1.165, 1.54) is 0 Å². The van der Waals surface area contributed by atoms with Gasteiger partial charge in [-0.2, -0.15) is 5.26 Å². The topological polar surface area (TPSA) is 77.9 Å². The molecular formula is C13H13N3O2S. The summed E-state index contributed by atoms with van der Waals surface area (Å²) >= 11 is 1.16. The molecule has 1 heterocycles. The Balaban J connectivity index is 1.85. The molecule has 0 aliphatic carbocycles. The zero-order valence-electron chi connectivity index (χ0n) is 10.2. The first-order valence-corrected chi connectivity index (χ1v) is 6.62. The van der Waals surface area contributed by atoms with Crippen molar-refractivity contribution in [2.24, 2.45) is 0 Å². The zero-order chi connectivity index (χ0) is 13.5. The van der Waals surface area contributed by atoms with Crippen LogP contribution in [0.2, 0.25) is 0 Å². The van der Waals surface area contributed by atoms with E-state index in [1.807, 2.05) is 35.7 Å². The van der Waals surface area contributed by atoms with Crippen molar-refractivity contribution in [2.45, 2.75) is 13.1 Å². The molecule has 0 spiro atoms. The van der Waals surface area contributed by atoms with Gasteiger partial charge in [-0.3, -0.25) is 4.79 Å². The van der Waals surface area contributed by atoms with Crippen LogP contribution in [0.4, 0.5) is 0 Å². The van der Waals surface area contributed by atoms with Gasteiger partial charge in [0.2, 0.25) is 0 Å². The fraction of sp³-hybridized carbons (Fsp3) is 0.231. The number of nitrogens with zero attached hydrogens (tertiary/aromatic N) is 1. The third-order valence-electron chi connectivity index (χ3n) is 2.42. The van der Waals surface area contributed by atoms with E-state index in [0.29, 0.717) is 18.8 Å². The maximum absolute atomic E-state index is 11.0. The summed E-state index contributed by atoms with van der Waals surface area (Å²) in [6.07, 6.45) is 0. The number of hydrogen-bond donors (Lipinski definition) is 2. The molecule has 98 valence electrons. The van der Waals surface area contributed by atoms with Gasteiger partial charge in [0.15, 0.2) is 6.61 Å². The summed E-state index contributed by atoms with van der Waals surface area (Å²) in [6.45, 7) is 1.33. The smallest absolute Gasteiger partial charge is 0.304 e. The minimum Gasteiger partial charge on any atom is -0.479 e. The lowest BCUT2D eigenvalue weighted by Gasteiger charge is -2.06. The standard InChI is InChI=1S/C13H13N3O2S/c14-4-5-18-12-3-1-2-10(6-12)7-15-8-11-9-19-13(17)16-11/h1-3,6,9,15H,5,7-8H2,(H,16,17). The molecule has 0 saturated heterocycles. The summed E-state index contributed by atoms with van der Waals surface area (Å²) in [4.78, 5) is 13.7. The maximum atomic E-state index is 11.0. The molecule has 19 heavy (non-hydrogen) atoms. The summed E-state index contributed by atoms with van der Waals surface area (Å²) in [5, 5.41) is 13.5. The summed E-state index contributed by atoms with van der Waals surface area (Å²) in [5.41, 5.74) is 1.94. The number of benzene rings is 1. The highest BCUT2D eigenvalue weighted by molar-refractivity contribution is 7.07. The van der Waals surface area contributed by atoms with Gasteiger partial charge in [-0.05, 0) is 17.7 Å². The average Bonchev–Trinajstić information content (AvgIpc) is 2.83. The van der Waals surface area contributed by atoms with Crippen molar-refractivity contribution in [3.8, 4) is 11.8 Å². The van der Waals surface area contributed by atoms with Crippen LogP contribution in [0.1, 0.15) is 11.3 Å². The Kier molecular flexibility index (Phi) is 4.72. The molecule has 0 radical (unpaired) electrons. The second-order valence-corrected chi connectivity index (χ2v) is 4.71. The lowest BCUT2D eigenvalue weighted by molar-refractivity contribution is 0.367. The molecule has 5 nitrogen and oxygen atoms in total. The van der Waals surface area contributed by atoms with E-state index in [1.54, 1.807) is 0 Å². The monoisotopic (exact) mass is 275 g/mol. The number of H-pyrrole nitrogens is 1. The number of rotatable bonds is 6. The van der Waals surface area contributed by atoms with Gasteiger partial charge in [0.1, 0.15) is 11.8 Å². The number of hydrogen-bond acceptors (Lipinski definition) is 5. The van der Waals surface area contributed by atoms with Gasteiger partial charge in [0.25, 0.3) is 0 Å². The molecule has 0 atom stereocenters. The minimum absolute atomic E-state index is 0.0382. The summed E-state index contributed by atoms with van der Waals surface area (Å²) in [7, 11) is 0. The van der Waals surface area contributed by atoms with Gasteiger partial charge >= 0.3 is 4.87 Å². The molecule has 2 rings (SSSR count). The van der Waals surface area contributed by atoms with Crippen LogP contribution in [-0.4, -0.2) is 11.6 Å². The molecule has 0 aliphatic rings. The van der Waals surface area contributed by atoms with Crippen molar-refractivity contribution in [1.29, 1.82) is 5.26 Å². The number of ether oxygens (including phenoxy) is 1. The first kappa shape index (κ1) is 13.3. The molecule has 0 unspecified atom stereocenters. The minimum atomic E-state index is -0.0382. The second-order valence-electron chi connectivity index (χ2n) is 3.87. The molecule has 1 aromatic carbocycles. The van der Waals surface area contributed by atoms with Crippen LogP contribution in [0.5, 0.6) is 5.75 Å². The molecule has 2 N–H and O–H groups in total. The number of nitrogens with one attached hydrogen (secondary N) is 2. The van der Waals surface area contributed by atoms with Crippen molar-refractivity contribution in [2.75, 3.05) is 6.61 Å². The van der Waals surface area contributed by atoms with E-state index in [0.717, 1.165) is 22.6 Å². The van der Waals surface area contributed by atoms with Crippen LogP contribution in [0.3, 0.4) is 0 Å². The third kappa shape index (κ3) is 4.25. The summed E-state index contributed by atoms with van der Waals surface area (Å²) in [5.74, 6) is 0.685. The maximum Gasteiger partial charge on any atom is 0.304 e. The van der Waals surface area contributed by atoms with E-state index in [2.05, 4.69) is 10.3 Å². The quantitative estimate of drug-likeness (QED) is 0.840. The Labute approximate surface area is 114 Å². The van der Waals surface area contributed by atoms with Crippen molar-refractivity contribution >= 4 is 11.3 Å². The highest BCUT2D eigenvalue weighted by Gasteiger charge is 1.99. The summed E-state index contributed by atoms with van der Waals surface area (Å²) < 4.78 is 5.23. The number of nitriles is 1. The molecule has 0 bridgehead atoms. The lowest BCUT2D eigenvalue weighted by Crippen LogP contribution is -2.13. The second kappa shape index (κ2) is 6.73. The Morgan fingerprint density at radius 2 is 2.32 bits per heavy atom. The van der Waals surface area contributed by atoms with Gasteiger partial charge in [-0.1, -0.05) is 23.5 Å². The average molecular weight is 275 g/mol. The lowest BCUT2D eigenvalue weighted by atomic mass is 10.2. The largest absolute Gasteiger partial charge is 0.479 e. The molecule has 0 saturated carbocycles. The Morgan fingerprint density at radius 1 is 1.42 bits per heavy atom. The van der Waals surface area contributed by atoms with Gasteiger partial charge in [-0.25, -0.2) is 0 Å². The van der Waals surface area contributed by atoms with Crippen LogP contribution in [0, 0.1) is 11.3 Å². The normalized spacial score (nSPS) is 10.1. The van der Waals surface area contributed by atoms with E-state index in [9.17, 15) is 4.79 Å². The summed E-state index contributed by atoms with van der Waals surface area (Å²) in [6, 6.07) is 9.50. The van der Waals surface area contributed by atoms with E-state index < -0.39 is 0 Å². The predicted molar refractivity (Wildman–Crippen MR) is 73.0 cm³/mol. The van der Waals surface area contributed by atoms with Crippen LogP contribution >= 0.6 is 11.3 Å². The molecule has 6 heteroatoms. The van der Waals surface area contributed by atoms with Crippen molar-refractivity contribution in [1.82, 2.24) is 10.3 Å². The fourth-order valence-corrected chi connectivity index (χ4v) is 2.18. The van der Waals surface area contributed by atoms with E-state index in [-0.39, 0.29) is 11.5 Å². The van der Waals surface area contributed by atoms with Crippen LogP contribution in [0.15, 0.2) is 34.4 Å². The number of aromatic amines is 1. The predicted octanol–water partition coefficient (Wildman–Crippen LogP) is 1.63. The van der Waals surface area contributed by atoms with Crippen LogP contribution < -0.4 is 14.9 Å². The van der Waals surface area contributed by atoms with E-state index in [4.69, 9.17) is 10.00 Å². The highest BCUT2D eigenvalue weighted by atomic mass is 32.1. The number of thiazole rings is 1. The van der Waals surface area contributed by atoms with Crippen LogP contribution in [-0.2, 0) is 13.1 Å². The molecular weight excluding hydrogens is 262 g/mol. The van der Waals surface area contributed by atoms with Crippen LogP contribution in [0.25, 0.3) is 0 Å².